The lowest BCUT2D eigenvalue weighted by molar-refractivity contribution is 0.242. The number of hydrogen-bond acceptors (Lipinski definition) is 2. The standard InChI is InChI=1S/C15H21NO/c17-10-9-15(7-8-15)11-16-14-6-5-12-3-1-2-4-13(12)14/h1-4,14,16-17H,5-11H2. The third-order valence-electron chi connectivity index (χ3n) is 4.46. The van der Waals surface area contributed by atoms with Crippen LogP contribution in [0, 0.1) is 5.41 Å². The van der Waals surface area contributed by atoms with Gasteiger partial charge in [-0.2, -0.15) is 0 Å². The number of aliphatic hydroxyl groups is 1. The number of aliphatic hydroxyl groups excluding tert-OH is 1. The second kappa shape index (κ2) is 4.43. The van der Waals surface area contributed by atoms with Crippen LogP contribution in [-0.2, 0) is 6.42 Å². The molecule has 1 atom stereocenters. The maximum atomic E-state index is 9.06. The topological polar surface area (TPSA) is 32.3 Å². The highest BCUT2D eigenvalue weighted by Gasteiger charge is 2.42. The molecule has 17 heavy (non-hydrogen) atoms. The summed E-state index contributed by atoms with van der Waals surface area (Å²) >= 11 is 0. The Bertz CT molecular complexity index is 398. The Morgan fingerprint density at radius 3 is 2.88 bits per heavy atom. The van der Waals surface area contributed by atoms with Crippen molar-refractivity contribution in [1.82, 2.24) is 5.32 Å². The Balaban J connectivity index is 1.61. The highest BCUT2D eigenvalue weighted by molar-refractivity contribution is 5.34. The first-order valence-electron chi connectivity index (χ1n) is 6.75. The fourth-order valence-corrected chi connectivity index (χ4v) is 3.04. The van der Waals surface area contributed by atoms with E-state index >= 15 is 0 Å². The minimum Gasteiger partial charge on any atom is -0.396 e. The summed E-state index contributed by atoms with van der Waals surface area (Å²) < 4.78 is 0. The summed E-state index contributed by atoms with van der Waals surface area (Å²) in [6.45, 7) is 1.41. The van der Waals surface area contributed by atoms with Crippen molar-refractivity contribution >= 4 is 0 Å². The van der Waals surface area contributed by atoms with E-state index in [1.807, 2.05) is 0 Å². The van der Waals surface area contributed by atoms with Crippen molar-refractivity contribution in [3.05, 3.63) is 35.4 Å². The molecule has 2 nitrogen and oxygen atoms in total. The van der Waals surface area contributed by atoms with Crippen molar-refractivity contribution in [3.63, 3.8) is 0 Å². The van der Waals surface area contributed by atoms with Crippen LogP contribution in [0.5, 0.6) is 0 Å². The minimum absolute atomic E-state index is 0.336. The minimum atomic E-state index is 0.336. The van der Waals surface area contributed by atoms with Gasteiger partial charge in [-0.1, -0.05) is 24.3 Å². The van der Waals surface area contributed by atoms with E-state index in [9.17, 15) is 0 Å². The molecule has 3 rings (SSSR count). The van der Waals surface area contributed by atoms with Crippen LogP contribution in [0.25, 0.3) is 0 Å². The summed E-state index contributed by atoms with van der Waals surface area (Å²) in [5.41, 5.74) is 3.43. The first-order chi connectivity index (χ1) is 8.33. The molecule has 2 N–H and O–H groups in total. The molecule has 0 spiro atoms. The first kappa shape index (κ1) is 11.2. The number of rotatable bonds is 5. The van der Waals surface area contributed by atoms with Crippen LogP contribution in [0.1, 0.15) is 42.9 Å². The van der Waals surface area contributed by atoms with Crippen molar-refractivity contribution in [3.8, 4) is 0 Å². The van der Waals surface area contributed by atoms with E-state index < -0.39 is 0 Å². The Hall–Kier alpha value is -0.860. The van der Waals surface area contributed by atoms with E-state index in [1.165, 1.54) is 36.8 Å². The maximum absolute atomic E-state index is 9.06. The second-order valence-corrected chi connectivity index (χ2v) is 5.64. The summed E-state index contributed by atoms with van der Waals surface area (Å²) in [6, 6.07) is 9.32. The normalized spacial score (nSPS) is 24.6. The third kappa shape index (κ3) is 2.24. The smallest absolute Gasteiger partial charge is 0.0436 e. The van der Waals surface area contributed by atoms with Gasteiger partial charge in [0.1, 0.15) is 0 Å². The molecule has 92 valence electrons. The van der Waals surface area contributed by atoms with Gasteiger partial charge in [-0.3, -0.25) is 0 Å². The zero-order chi connectivity index (χ0) is 11.7. The van der Waals surface area contributed by atoms with Crippen molar-refractivity contribution in [1.29, 1.82) is 0 Å². The lowest BCUT2D eigenvalue weighted by Crippen LogP contribution is -2.27. The van der Waals surface area contributed by atoms with Gasteiger partial charge in [0.05, 0.1) is 0 Å². The molecule has 1 aromatic carbocycles. The van der Waals surface area contributed by atoms with Crippen LogP contribution in [-0.4, -0.2) is 18.3 Å². The summed E-state index contributed by atoms with van der Waals surface area (Å²) in [4.78, 5) is 0. The van der Waals surface area contributed by atoms with Gasteiger partial charge >= 0.3 is 0 Å². The van der Waals surface area contributed by atoms with Gasteiger partial charge in [-0.25, -0.2) is 0 Å². The summed E-state index contributed by atoms with van der Waals surface area (Å²) in [5, 5.41) is 12.8. The Labute approximate surface area is 103 Å². The van der Waals surface area contributed by atoms with Gasteiger partial charge in [0.2, 0.25) is 0 Å². The number of aryl methyl sites for hydroxylation is 1. The summed E-state index contributed by atoms with van der Waals surface area (Å²) in [7, 11) is 0. The molecule has 0 aliphatic heterocycles. The fourth-order valence-electron chi connectivity index (χ4n) is 3.04. The molecule has 0 heterocycles. The van der Waals surface area contributed by atoms with Crippen LogP contribution in [0.15, 0.2) is 24.3 Å². The average Bonchev–Trinajstić information content (AvgIpc) is 3.00. The predicted molar refractivity (Wildman–Crippen MR) is 68.9 cm³/mol. The van der Waals surface area contributed by atoms with E-state index in [0.717, 1.165) is 13.0 Å². The van der Waals surface area contributed by atoms with Crippen molar-refractivity contribution in [2.24, 2.45) is 5.41 Å². The highest BCUT2D eigenvalue weighted by Crippen LogP contribution is 2.48. The van der Waals surface area contributed by atoms with Crippen molar-refractivity contribution in [2.45, 2.75) is 38.1 Å². The average molecular weight is 231 g/mol. The molecular formula is C15H21NO. The van der Waals surface area contributed by atoms with Crippen LogP contribution >= 0.6 is 0 Å². The Kier molecular flexibility index (Phi) is 2.93. The van der Waals surface area contributed by atoms with Crippen LogP contribution in [0.4, 0.5) is 0 Å². The molecule has 1 aromatic rings. The molecule has 0 aromatic heterocycles. The zero-order valence-electron chi connectivity index (χ0n) is 10.3. The SMILES string of the molecule is OCCC1(CNC2CCc3ccccc32)CC1. The molecule has 0 bridgehead atoms. The monoisotopic (exact) mass is 231 g/mol. The van der Waals surface area contributed by atoms with Crippen molar-refractivity contribution < 1.29 is 5.11 Å². The van der Waals surface area contributed by atoms with Gasteiger partial charge < -0.3 is 10.4 Å². The summed E-state index contributed by atoms with van der Waals surface area (Å²) in [6.07, 6.45) is 5.98. The molecule has 0 amide bonds. The Morgan fingerprint density at radius 2 is 2.12 bits per heavy atom. The summed E-state index contributed by atoms with van der Waals surface area (Å²) in [5.74, 6) is 0. The molecule has 1 unspecified atom stereocenters. The number of hydrogen-bond donors (Lipinski definition) is 2. The van der Waals surface area contributed by atoms with Gasteiger partial charge in [0, 0.05) is 19.2 Å². The third-order valence-corrected chi connectivity index (χ3v) is 4.46. The lowest BCUT2D eigenvalue weighted by atomic mass is 10.0. The first-order valence-corrected chi connectivity index (χ1v) is 6.75. The van der Waals surface area contributed by atoms with Gasteiger partial charge in [-0.15, -0.1) is 0 Å². The van der Waals surface area contributed by atoms with Gasteiger partial charge in [-0.05, 0) is 48.6 Å². The molecule has 1 fully saturated rings. The predicted octanol–water partition coefficient (Wildman–Crippen LogP) is 2.43. The maximum Gasteiger partial charge on any atom is 0.0436 e. The van der Waals surface area contributed by atoms with E-state index in [-0.39, 0.29) is 0 Å². The van der Waals surface area contributed by atoms with E-state index in [4.69, 9.17) is 5.11 Å². The second-order valence-electron chi connectivity index (χ2n) is 5.64. The van der Waals surface area contributed by atoms with E-state index in [2.05, 4.69) is 29.6 Å². The molecule has 0 radical (unpaired) electrons. The van der Waals surface area contributed by atoms with Gasteiger partial charge in [0.25, 0.3) is 0 Å². The number of fused-ring (bicyclic) bond motifs is 1. The van der Waals surface area contributed by atoms with Gasteiger partial charge in [0.15, 0.2) is 0 Å². The number of nitrogens with one attached hydrogen (secondary N) is 1. The zero-order valence-corrected chi connectivity index (χ0v) is 10.3. The van der Waals surface area contributed by atoms with Crippen LogP contribution in [0.3, 0.4) is 0 Å². The molecular weight excluding hydrogens is 210 g/mol. The van der Waals surface area contributed by atoms with Crippen LogP contribution < -0.4 is 5.32 Å². The lowest BCUT2D eigenvalue weighted by Gasteiger charge is -2.19. The van der Waals surface area contributed by atoms with E-state index in [0.29, 0.717) is 18.1 Å². The largest absolute Gasteiger partial charge is 0.396 e. The molecule has 2 heteroatoms. The fraction of sp³-hybridized carbons (Fsp3) is 0.600. The quantitative estimate of drug-likeness (QED) is 0.815. The number of benzene rings is 1. The molecule has 2 aliphatic rings. The van der Waals surface area contributed by atoms with E-state index in [1.54, 1.807) is 0 Å². The van der Waals surface area contributed by atoms with Crippen molar-refractivity contribution in [2.75, 3.05) is 13.2 Å². The molecule has 0 saturated heterocycles. The molecule has 1 saturated carbocycles. The van der Waals surface area contributed by atoms with Crippen LogP contribution in [0.2, 0.25) is 0 Å². The molecule has 2 aliphatic carbocycles. The Morgan fingerprint density at radius 1 is 1.29 bits per heavy atom. The highest BCUT2D eigenvalue weighted by atomic mass is 16.3.